The molecule has 1 aromatic rings. The number of hydrogen-bond acceptors (Lipinski definition) is 1. The normalized spacial score (nSPS) is 8.64. The summed E-state index contributed by atoms with van der Waals surface area (Å²) in [6, 6.07) is 4.16. The first kappa shape index (κ1) is 10.7. The largest absolute Gasteiger partial charge is 0.149 e. The maximum atomic E-state index is 2.21. The zero-order valence-corrected chi connectivity index (χ0v) is 8.58. The smallest absolute Gasteiger partial charge is 0.00141 e. The lowest BCUT2D eigenvalue weighted by molar-refractivity contribution is 0.772. The summed E-state index contributed by atoms with van der Waals surface area (Å²) in [7, 11) is 0. The van der Waals surface area contributed by atoms with E-state index in [-0.39, 0.29) is 0 Å². The maximum absolute atomic E-state index is 2.21. The van der Waals surface area contributed by atoms with Crippen LogP contribution in [0.5, 0.6) is 0 Å². The predicted molar refractivity (Wildman–Crippen MR) is 54.3 cm³/mol. The Bertz CT molecular complexity index is 140. The Balaban J connectivity index is 0.000000187. The van der Waals surface area contributed by atoms with Crippen molar-refractivity contribution in [2.75, 3.05) is 0 Å². The molecular formula is C10H18S. The molecule has 1 heterocycles. The van der Waals surface area contributed by atoms with Crippen LogP contribution in [0.1, 0.15) is 38.0 Å². The minimum atomic E-state index is 1.34. The van der Waals surface area contributed by atoms with Gasteiger partial charge in [-0.25, -0.2) is 0 Å². The van der Waals surface area contributed by atoms with Crippen molar-refractivity contribution in [2.24, 2.45) is 0 Å². The molecule has 0 nitrogen and oxygen atoms in total. The molecule has 0 radical (unpaired) electrons. The molecule has 1 heteroatoms. The molecule has 64 valence electrons. The number of hydrogen-bond donors (Lipinski definition) is 0. The molecule has 0 aliphatic carbocycles. The van der Waals surface area contributed by atoms with Crippen molar-refractivity contribution in [3.05, 3.63) is 22.4 Å². The molecule has 0 saturated carbocycles. The summed E-state index contributed by atoms with van der Waals surface area (Å²) in [5.74, 6) is 0. The van der Waals surface area contributed by atoms with Gasteiger partial charge in [0.15, 0.2) is 0 Å². The van der Waals surface area contributed by atoms with E-state index in [9.17, 15) is 0 Å². The van der Waals surface area contributed by atoms with Gasteiger partial charge in [0.25, 0.3) is 0 Å². The van der Waals surface area contributed by atoms with Gasteiger partial charge < -0.3 is 0 Å². The van der Waals surface area contributed by atoms with Gasteiger partial charge in [0.1, 0.15) is 0 Å². The van der Waals surface area contributed by atoms with Crippen molar-refractivity contribution in [1.29, 1.82) is 0 Å². The fourth-order valence-electron chi connectivity index (χ4n) is 0.714. The predicted octanol–water partition coefficient (Wildman–Crippen LogP) is 4.25. The molecule has 0 N–H and O–H groups in total. The Kier molecular flexibility index (Phi) is 7.59. The summed E-state index contributed by atoms with van der Waals surface area (Å²) in [5.41, 5.74) is 0. The fourth-order valence-corrected chi connectivity index (χ4v) is 1.24. The summed E-state index contributed by atoms with van der Waals surface area (Å²) in [4.78, 5) is 1.38. The van der Waals surface area contributed by atoms with Gasteiger partial charge >= 0.3 is 0 Å². The van der Waals surface area contributed by atoms with Gasteiger partial charge in [0.05, 0.1) is 0 Å². The summed E-state index contributed by atoms with van der Waals surface area (Å²) in [6.07, 6.45) is 4.08. The molecule has 0 saturated heterocycles. The van der Waals surface area contributed by atoms with Gasteiger partial charge in [-0.1, -0.05) is 39.2 Å². The van der Waals surface area contributed by atoms with Crippen LogP contribution in [0.25, 0.3) is 0 Å². The first-order valence-electron chi connectivity index (χ1n) is 4.31. The Hall–Kier alpha value is -0.300. The minimum Gasteiger partial charge on any atom is -0.149 e. The van der Waals surface area contributed by atoms with E-state index in [0.29, 0.717) is 0 Å². The van der Waals surface area contributed by atoms with E-state index in [1.807, 2.05) is 0 Å². The number of aryl methyl sites for hydroxylation is 1. The molecule has 0 fully saturated rings. The van der Waals surface area contributed by atoms with Crippen LogP contribution in [-0.2, 0) is 0 Å². The van der Waals surface area contributed by atoms with Crippen LogP contribution in [0.15, 0.2) is 17.5 Å². The summed E-state index contributed by atoms with van der Waals surface area (Å²) in [5, 5.41) is 2.08. The van der Waals surface area contributed by atoms with Crippen molar-refractivity contribution in [2.45, 2.75) is 40.0 Å². The SMILES string of the molecule is CCCCC.Cc1cccs1. The highest BCUT2D eigenvalue weighted by molar-refractivity contribution is 7.09. The van der Waals surface area contributed by atoms with Crippen LogP contribution in [0.2, 0.25) is 0 Å². The van der Waals surface area contributed by atoms with Gasteiger partial charge in [-0.15, -0.1) is 11.3 Å². The van der Waals surface area contributed by atoms with Crippen LogP contribution in [-0.4, -0.2) is 0 Å². The lowest BCUT2D eigenvalue weighted by Crippen LogP contribution is -1.59. The number of unbranched alkanes of at least 4 members (excludes halogenated alkanes) is 2. The lowest BCUT2D eigenvalue weighted by atomic mass is 10.3. The highest BCUT2D eigenvalue weighted by Gasteiger charge is 1.74. The molecule has 0 atom stereocenters. The molecule has 0 unspecified atom stereocenters. The number of rotatable bonds is 2. The Morgan fingerprint density at radius 3 is 2.00 bits per heavy atom. The monoisotopic (exact) mass is 170 g/mol. The molecule has 1 aromatic heterocycles. The first-order chi connectivity index (χ1) is 5.31. The van der Waals surface area contributed by atoms with E-state index in [1.54, 1.807) is 11.3 Å². The van der Waals surface area contributed by atoms with E-state index in [2.05, 4.69) is 38.3 Å². The van der Waals surface area contributed by atoms with E-state index in [1.165, 1.54) is 24.1 Å². The Labute approximate surface area is 74.3 Å². The van der Waals surface area contributed by atoms with E-state index >= 15 is 0 Å². The van der Waals surface area contributed by atoms with Crippen molar-refractivity contribution in [1.82, 2.24) is 0 Å². The second kappa shape index (κ2) is 7.80. The van der Waals surface area contributed by atoms with Crippen molar-refractivity contribution >= 4 is 11.3 Å². The van der Waals surface area contributed by atoms with Crippen LogP contribution < -0.4 is 0 Å². The van der Waals surface area contributed by atoms with E-state index in [4.69, 9.17) is 0 Å². The highest BCUT2D eigenvalue weighted by atomic mass is 32.1. The molecule has 11 heavy (non-hydrogen) atoms. The van der Waals surface area contributed by atoms with Gasteiger partial charge in [-0.05, 0) is 18.4 Å². The third-order valence-electron chi connectivity index (χ3n) is 1.37. The zero-order valence-electron chi connectivity index (χ0n) is 7.76. The second-order valence-electron chi connectivity index (χ2n) is 2.58. The molecule has 0 bridgehead atoms. The third-order valence-corrected chi connectivity index (χ3v) is 2.17. The van der Waals surface area contributed by atoms with Gasteiger partial charge in [-0.2, -0.15) is 0 Å². The molecule has 1 rings (SSSR count). The zero-order chi connectivity index (χ0) is 8.53. The third kappa shape index (κ3) is 7.60. The van der Waals surface area contributed by atoms with Crippen molar-refractivity contribution in [3.8, 4) is 0 Å². The molecule has 0 spiro atoms. The van der Waals surface area contributed by atoms with Crippen molar-refractivity contribution < 1.29 is 0 Å². The second-order valence-corrected chi connectivity index (χ2v) is 3.73. The average molecular weight is 170 g/mol. The molecule has 0 aromatic carbocycles. The fraction of sp³-hybridized carbons (Fsp3) is 0.600. The van der Waals surface area contributed by atoms with E-state index < -0.39 is 0 Å². The quantitative estimate of drug-likeness (QED) is 0.622. The van der Waals surface area contributed by atoms with Crippen LogP contribution >= 0.6 is 11.3 Å². The van der Waals surface area contributed by atoms with Gasteiger partial charge in [0, 0.05) is 4.88 Å². The van der Waals surface area contributed by atoms with Crippen LogP contribution in [0.3, 0.4) is 0 Å². The Morgan fingerprint density at radius 2 is 1.91 bits per heavy atom. The van der Waals surface area contributed by atoms with Gasteiger partial charge in [-0.3, -0.25) is 0 Å². The van der Waals surface area contributed by atoms with E-state index in [0.717, 1.165) is 0 Å². The first-order valence-corrected chi connectivity index (χ1v) is 5.19. The molecular weight excluding hydrogens is 152 g/mol. The summed E-state index contributed by atoms with van der Waals surface area (Å²) >= 11 is 1.78. The summed E-state index contributed by atoms with van der Waals surface area (Å²) in [6.45, 7) is 6.53. The minimum absolute atomic E-state index is 1.34. The highest BCUT2D eigenvalue weighted by Crippen LogP contribution is 2.03. The average Bonchev–Trinajstić information content (AvgIpc) is 2.43. The van der Waals surface area contributed by atoms with Gasteiger partial charge in [0.2, 0.25) is 0 Å². The van der Waals surface area contributed by atoms with Crippen LogP contribution in [0.4, 0.5) is 0 Å². The van der Waals surface area contributed by atoms with Crippen LogP contribution in [0, 0.1) is 6.92 Å². The molecule has 0 aliphatic rings. The van der Waals surface area contributed by atoms with Crippen molar-refractivity contribution in [3.63, 3.8) is 0 Å². The maximum Gasteiger partial charge on any atom is 0.00141 e. The topological polar surface area (TPSA) is 0 Å². The molecule has 0 aliphatic heterocycles. The lowest BCUT2D eigenvalue weighted by Gasteiger charge is -1.79. The standard InChI is InChI=1S/C5H6S.C5H12/c1-5-3-2-4-6-5;1-3-5-4-2/h2-4H,1H3;3-5H2,1-2H3. The summed E-state index contributed by atoms with van der Waals surface area (Å²) < 4.78 is 0. The Morgan fingerprint density at radius 1 is 1.27 bits per heavy atom. The number of thiophene rings is 1. The molecule has 0 amide bonds.